The Morgan fingerprint density at radius 1 is 1.22 bits per heavy atom. The number of aromatic nitrogens is 2. The molecule has 2 aromatic rings. The second kappa shape index (κ2) is 9.84. The van der Waals surface area contributed by atoms with Gasteiger partial charge in [0, 0.05) is 31.2 Å². The number of hydrogen-bond acceptors (Lipinski definition) is 5. The summed E-state index contributed by atoms with van der Waals surface area (Å²) in [4.78, 5) is 39.7. The molecule has 32 heavy (non-hydrogen) atoms. The zero-order chi connectivity index (χ0) is 22.5. The van der Waals surface area contributed by atoms with Crippen LogP contribution in [0.3, 0.4) is 0 Å². The monoisotopic (exact) mass is 439 g/mol. The number of carbonyl (C=O) groups is 3. The number of amides is 3. The molecule has 9 nitrogen and oxygen atoms in total. The van der Waals surface area contributed by atoms with E-state index in [1.807, 2.05) is 37.3 Å². The van der Waals surface area contributed by atoms with Crippen LogP contribution in [0.2, 0.25) is 0 Å². The Morgan fingerprint density at radius 2 is 2.03 bits per heavy atom. The number of rotatable bonds is 7. The lowest BCUT2D eigenvalue weighted by Gasteiger charge is -2.23. The maximum Gasteiger partial charge on any atom is 0.272 e. The van der Waals surface area contributed by atoms with E-state index in [9.17, 15) is 14.4 Å². The normalized spacial score (nSPS) is 22.6. The van der Waals surface area contributed by atoms with Crippen molar-refractivity contribution >= 4 is 17.7 Å². The third-order valence-electron chi connectivity index (χ3n) is 6.14. The van der Waals surface area contributed by atoms with E-state index in [1.165, 1.54) is 0 Å². The lowest BCUT2D eigenvalue weighted by atomic mass is 10.0. The van der Waals surface area contributed by atoms with E-state index in [0.29, 0.717) is 44.8 Å². The minimum Gasteiger partial charge on any atom is -0.492 e. The highest BCUT2D eigenvalue weighted by molar-refractivity contribution is 5.95. The van der Waals surface area contributed by atoms with Crippen LogP contribution in [0.5, 0.6) is 5.75 Å². The van der Waals surface area contributed by atoms with Gasteiger partial charge >= 0.3 is 0 Å². The van der Waals surface area contributed by atoms with E-state index in [1.54, 1.807) is 21.8 Å². The van der Waals surface area contributed by atoms with Crippen molar-refractivity contribution in [3.8, 4) is 5.75 Å². The van der Waals surface area contributed by atoms with Crippen LogP contribution >= 0.6 is 0 Å². The van der Waals surface area contributed by atoms with E-state index in [2.05, 4.69) is 15.7 Å². The summed E-state index contributed by atoms with van der Waals surface area (Å²) in [6.07, 6.45) is 2.80. The van der Waals surface area contributed by atoms with Gasteiger partial charge in [-0.05, 0) is 43.9 Å². The molecule has 2 N–H and O–H groups in total. The Balaban J connectivity index is 1.31. The molecule has 1 saturated heterocycles. The number of nitrogens with zero attached hydrogens (tertiary/aromatic N) is 3. The van der Waals surface area contributed by atoms with Crippen LogP contribution < -0.4 is 15.4 Å². The topological polar surface area (TPSA) is 106 Å². The van der Waals surface area contributed by atoms with E-state index >= 15 is 0 Å². The number of carbonyl (C=O) groups excluding carboxylic acids is 3. The Hall–Kier alpha value is -3.36. The molecule has 0 bridgehead atoms. The Morgan fingerprint density at radius 3 is 2.81 bits per heavy atom. The SMILES string of the molecule is CCn1nccc1C(=O)N1CC(=O)N[C@@H]2C[C@@H](C(=O)NCCOc3ccccc3)C[C@@H]2C1. The number of ether oxygens (including phenoxy) is 1. The molecule has 0 spiro atoms. The smallest absolute Gasteiger partial charge is 0.272 e. The van der Waals surface area contributed by atoms with Crippen LogP contribution in [0.4, 0.5) is 0 Å². The molecular weight excluding hydrogens is 410 g/mol. The molecule has 1 saturated carbocycles. The summed E-state index contributed by atoms with van der Waals surface area (Å²) in [5.74, 6) is 0.183. The lowest BCUT2D eigenvalue weighted by molar-refractivity contribution is -0.125. The predicted octanol–water partition coefficient (Wildman–Crippen LogP) is 1.07. The second-order valence-electron chi connectivity index (χ2n) is 8.27. The van der Waals surface area contributed by atoms with Crippen LogP contribution in [-0.4, -0.2) is 64.7 Å². The van der Waals surface area contributed by atoms with Gasteiger partial charge in [0.15, 0.2) is 0 Å². The van der Waals surface area contributed by atoms with Crippen molar-refractivity contribution in [2.24, 2.45) is 11.8 Å². The molecule has 0 unspecified atom stereocenters. The molecule has 2 fully saturated rings. The first-order chi connectivity index (χ1) is 15.5. The summed E-state index contributed by atoms with van der Waals surface area (Å²) in [6, 6.07) is 11.0. The fourth-order valence-corrected chi connectivity index (χ4v) is 4.58. The molecule has 0 radical (unpaired) electrons. The molecule has 9 heteroatoms. The Labute approximate surface area is 187 Å². The summed E-state index contributed by atoms with van der Waals surface area (Å²) in [5, 5.41) is 10.1. The largest absolute Gasteiger partial charge is 0.492 e. The molecule has 2 aliphatic rings. The van der Waals surface area contributed by atoms with Crippen LogP contribution in [0.1, 0.15) is 30.3 Å². The van der Waals surface area contributed by atoms with Crippen LogP contribution in [0.15, 0.2) is 42.6 Å². The lowest BCUT2D eigenvalue weighted by Crippen LogP contribution is -2.40. The minimum atomic E-state index is -0.203. The highest BCUT2D eigenvalue weighted by Crippen LogP contribution is 2.33. The number of nitrogens with one attached hydrogen (secondary N) is 2. The molecule has 3 amide bonds. The molecule has 4 rings (SSSR count). The fourth-order valence-electron chi connectivity index (χ4n) is 4.58. The van der Waals surface area contributed by atoms with Gasteiger partial charge in [0.2, 0.25) is 11.8 Å². The predicted molar refractivity (Wildman–Crippen MR) is 117 cm³/mol. The summed E-state index contributed by atoms with van der Waals surface area (Å²) < 4.78 is 7.25. The number of fused-ring (bicyclic) bond motifs is 1. The molecule has 1 aromatic carbocycles. The molecular formula is C23H29N5O4. The summed E-state index contributed by atoms with van der Waals surface area (Å²) in [7, 11) is 0. The number of aryl methyl sites for hydroxylation is 1. The maximum atomic E-state index is 13.0. The number of benzene rings is 1. The first kappa shape index (κ1) is 21.9. The van der Waals surface area contributed by atoms with Gasteiger partial charge < -0.3 is 20.3 Å². The highest BCUT2D eigenvalue weighted by atomic mass is 16.5. The van der Waals surface area contributed by atoms with E-state index in [4.69, 9.17) is 4.74 Å². The Kier molecular flexibility index (Phi) is 6.72. The number of para-hydroxylation sites is 1. The third kappa shape index (κ3) is 4.92. The first-order valence-electron chi connectivity index (χ1n) is 11.1. The van der Waals surface area contributed by atoms with Crippen LogP contribution in [0, 0.1) is 11.8 Å². The van der Waals surface area contributed by atoms with Gasteiger partial charge in [-0.15, -0.1) is 0 Å². The summed E-state index contributed by atoms with van der Waals surface area (Å²) >= 11 is 0. The van der Waals surface area contributed by atoms with Gasteiger partial charge in [0.1, 0.15) is 18.1 Å². The summed E-state index contributed by atoms with van der Waals surface area (Å²) in [6.45, 7) is 3.76. The van der Waals surface area contributed by atoms with Crippen molar-refractivity contribution in [1.29, 1.82) is 0 Å². The van der Waals surface area contributed by atoms with Gasteiger partial charge in [-0.25, -0.2) is 0 Å². The molecule has 1 aromatic heterocycles. The zero-order valence-corrected chi connectivity index (χ0v) is 18.2. The maximum absolute atomic E-state index is 13.0. The molecule has 1 aliphatic heterocycles. The molecule has 170 valence electrons. The van der Waals surface area contributed by atoms with Gasteiger partial charge in [-0.3, -0.25) is 19.1 Å². The fraction of sp³-hybridized carbons (Fsp3) is 0.478. The quantitative estimate of drug-likeness (QED) is 0.628. The average molecular weight is 440 g/mol. The van der Waals surface area contributed by atoms with E-state index in [0.717, 1.165) is 5.75 Å². The average Bonchev–Trinajstić information content (AvgIpc) is 3.40. The van der Waals surface area contributed by atoms with Crippen molar-refractivity contribution in [2.45, 2.75) is 32.4 Å². The van der Waals surface area contributed by atoms with Gasteiger partial charge in [0.25, 0.3) is 5.91 Å². The minimum absolute atomic E-state index is 0.0222. The van der Waals surface area contributed by atoms with Crippen molar-refractivity contribution in [3.05, 3.63) is 48.3 Å². The van der Waals surface area contributed by atoms with E-state index in [-0.39, 0.29) is 42.1 Å². The number of hydrogen-bond donors (Lipinski definition) is 2. The summed E-state index contributed by atoms with van der Waals surface area (Å²) in [5.41, 5.74) is 0.476. The van der Waals surface area contributed by atoms with Crippen LogP contribution in [-0.2, 0) is 16.1 Å². The Bertz CT molecular complexity index is 960. The highest BCUT2D eigenvalue weighted by Gasteiger charge is 2.42. The van der Waals surface area contributed by atoms with Gasteiger partial charge in [-0.1, -0.05) is 18.2 Å². The van der Waals surface area contributed by atoms with Gasteiger partial charge in [-0.2, -0.15) is 5.10 Å². The van der Waals surface area contributed by atoms with Gasteiger partial charge in [0.05, 0.1) is 13.1 Å². The van der Waals surface area contributed by atoms with Crippen molar-refractivity contribution in [3.63, 3.8) is 0 Å². The first-order valence-corrected chi connectivity index (χ1v) is 11.1. The zero-order valence-electron chi connectivity index (χ0n) is 18.2. The van der Waals surface area contributed by atoms with Crippen LogP contribution in [0.25, 0.3) is 0 Å². The molecule has 1 aliphatic carbocycles. The van der Waals surface area contributed by atoms with Crippen molar-refractivity contribution in [2.75, 3.05) is 26.2 Å². The molecule has 2 heterocycles. The van der Waals surface area contributed by atoms with Crippen molar-refractivity contribution in [1.82, 2.24) is 25.3 Å². The van der Waals surface area contributed by atoms with E-state index < -0.39 is 0 Å². The second-order valence-corrected chi connectivity index (χ2v) is 8.27. The molecule has 3 atom stereocenters. The standard InChI is InChI=1S/C23H29N5O4/c1-2-28-20(8-9-25-28)23(31)27-14-17-12-16(13-19(17)26-21(29)15-27)22(30)24-10-11-32-18-6-4-3-5-7-18/h3-9,16-17,19H,2,10-15H2,1H3,(H,24,30)(H,26,29)/t16-,17+,19+/m0/s1. The third-order valence-corrected chi connectivity index (χ3v) is 6.14. The van der Waals surface area contributed by atoms with Crippen molar-refractivity contribution < 1.29 is 19.1 Å².